The first-order valence-electron chi connectivity index (χ1n) is 22.7. The molecule has 9 rings (SSSR count). The van der Waals surface area contributed by atoms with Gasteiger partial charge < -0.3 is 44.9 Å². The molecule has 1 saturated carbocycles. The molecule has 0 radical (unpaired) electrons. The Bertz CT molecular complexity index is 2470. The molecule has 1 amide bonds. The molecular formula is C47H66N6O11S. The van der Waals surface area contributed by atoms with Crippen LogP contribution in [0.1, 0.15) is 68.3 Å². The van der Waals surface area contributed by atoms with E-state index in [1.807, 2.05) is 63.0 Å². The van der Waals surface area contributed by atoms with Crippen LogP contribution in [0.4, 0.5) is 5.69 Å². The van der Waals surface area contributed by atoms with Gasteiger partial charge in [-0.05, 0) is 88.3 Å². The smallest absolute Gasteiger partial charge is 0.394 e. The van der Waals surface area contributed by atoms with E-state index in [0.29, 0.717) is 82.6 Å². The van der Waals surface area contributed by atoms with Gasteiger partial charge in [-0.2, -0.15) is 8.42 Å². The SMILES string of the molecule is CC[C@]1(O)C[C@H]2CN(CCc3c([nH]c4ccccc34)[C@@](C(=O)OC)(c3cc4c(cc3OC)N(C)[C@H]3[C@@](O)(C(=O)NCCN(C)C)[C@H](O)[C@]5(CC)C=CCN6CC[C@]43[C@@H]65)C2)C1.O=S(=O)(O)O. The second-order valence-corrected chi connectivity index (χ2v) is 20.5. The fourth-order valence-corrected chi connectivity index (χ4v) is 13.6. The summed E-state index contributed by atoms with van der Waals surface area (Å²) in [5.74, 6) is -0.596. The van der Waals surface area contributed by atoms with Crippen LogP contribution in [0.25, 0.3) is 10.9 Å². The van der Waals surface area contributed by atoms with Crippen molar-refractivity contribution in [2.75, 3.05) is 86.1 Å². The van der Waals surface area contributed by atoms with E-state index in [4.69, 9.17) is 27.0 Å². The molecule has 6 heterocycles. The number of rotatable bonds is 9. The van der Waals surface area contributed by atoms with Crippen molar-refractivity contribution in [3.8, 4) is 5.75 Å². The first kappa shape index (κ1) is 47.4. The maximum absolute atomic E-state index is 15.3. The van der Waals surface area contributed by atoms with Crippen molar-refractivity contribution in [3.05, 3.63) is 70.9 Å². The first-order chi connectivity index (χ1) is 30.7. The maximum atomic E-state index is 15.3. The van der Waals surface area contributed by atoms with Gasteiger partial charge in [-0.15, -0.1) is 0 Å². The van der Waals surface area contributed by atoms with Crippen LogP contribution in [0.2, 0.25) is 0 Å². The molecule has 10 atom stereocenters. The van der Waals surface area contributed by atoms with Gasteiger partial charge in [-0.3, -0.25) is 28.5 Å². The zero-order chi connectivity index (χ0) is 47.1. The number of ether oxygens (including phenoxy) is 2. The number of aliphatic hydroxyl groups excluding tert-OH is 1. The van der Waals surface area contributed by atoms with Crippen molar-refractivity contribution < 1.29 is 51.9 Å². The van der Waals surface area contributed by atoms with E-state index in [-0.39, 0.29) is 12.0 Å². The molecule has 18 heteroatoms. The number of aliphatic hydroxyl groups is 3. The second-order valence-electron chi connectivity index (χ2n) is 19.6. The van der Waals surface area contributed by atoms with Crippen molar-refractivity contribution in [2.24, 2.45) is 11.3 Å². The highest BCUT2D eigenvalue weighted by Gasteiger charge is 2.78. The number of para-hydroxylation sites is 1. The number of carbonyl (C=O) groups excluding carboxylic acids is 2. The molecule has 65 heavy (non-hydrogen) atoms. The third-order valence-electron chi connectivity index (χ3n) is 16.0. The van der Waals surface area contributed by atoms with Crippen molar-refractivity contribution in [1.29, 1.82) is 0 Å². The quantitative estimate of drug-likeness (QED) is 0.0929. The summed E-state index contributed by atoms with van der Waals surface area (Å²) in [6, 6.07) is 11.2. The zero-order valence-corrected chi connectivity index (χ0v) is 39.3. The Balaban J connectivity index is 0.00000109. The molecule has 1 aromatic heterocycles. The Hall–Kier alpha value is -4.11. The van der Waals surface area contributed by atoms with Gasteiger partial charge in [0.05, 0.1) is 25.9 Å². The molecule has 6 aliphatic rings. The summed E-state index contributed by atoms with van der Waals surface area (Å²) < 4.78 is 43.9. The lowest BCUT2D eigenvalue weighted by molar-refractivity contribution is -0.203. The average molecular weight is 923 g/mol. The highest BCUT2D eigenvalue weighted by Crippen LogP contribution is 2.67. The van der Waals surface area contributed by atoms with Gasteiger partial charge >= 0.3 is 16.4 Å². The average Bonchev–Trinajstić information content (AvgIpc) is 3.92. The summed E-state index contributed by atoms with van der Waals surface area (Å²) in [6.45, 7) is 8.36. The Morgan fingerprint density at radius 3 is 2.40 bits per heavy atom. The second kappa shape index (κ2) is 16.9. The highest BCUT2D eigenvalue weighted by molar-refractivity contribution is 7.79. The molecule has 1 unspecified atom stereocenters. The van der Waals surface area contributed by atoms with E-state index in [9.17, 15) is 20.1 Å². The Morgan fingerprint density at radius 1 is 1.02 bits per heavy atom. The van der Waals surface area contributed by atoms with Gasteiger partial charge in [-0.25, -0.2) is 0 Å². The van der Waals surface area contributed by atoms with Crippen molar-refractivity contribution in [1.82, 2.24) is 25.0 Å². The van der Waals surface area contributed by atoms with Crippen LogP contribution in [-0.4, -0.2) is 175 Å². The number of likely N-dealkylation sites (N-methyl/N-ethyl adjacent to an activating group) is 2. The van der Waals surface area contributed by atoms with Crippen LogP contribution in [0.5, 0.6) is 5.75 Å². The number of hydrogen-bond donors (Lipinski definition) is 7. The summed E-state index contributed by atoms with van der Waals surface area (Å²) in [5, 5.41) is 42.1. The van der Waals surface area contributed by atoms with E-state index in [1.165, 1.54) is 7.11 Å². The van der Waals surface area contributed by atoms with E-state index in [0.717, 1.165) is 46.5 Å². The Morgan fingerprint density at radius 2 is 1.74 bits per heavy atom. The number of anilines is 1. The number of aromatic nitrogens is 1. The Kier molecular flexibility index (Phi) is 12.3. The number of nitrogens with zero attached hydrogens (tertiary/aromatic N) is 4. The minimum absolute atomic E-state index is 0.0781. The van der Waals surface area contributed by atoms with Crippen molar-refractivity contribution >= 4 is 38.9 Å². The predicted octanol–water partition coefficient (Wildman–Crippen LogP) is 2.27. The molecule has 17 nitrogen and oxygen atoms in total. The molecule has 356 valence electrons. The first-order valence-corrected chi connectivity index (χ1v) is 24.1. The van der Waals surface area contributed by atoms with Gasteiger partial charge in [0.15, 0.2) is 5.60 Å². The minimum atomic E-state index is -4.67. The number of piperidine rings is 1. The number of methoxy groups -OCH3 is 2. The fraction of sp³-hybridized carbons (Fsp3) is 0.617. The van der Waals surface area contributed by atoms with Crippen LogP contribution in [0.15, 0.2) is 48.6 Å². The van der Waals surface area contributed by atoms with E-state index in [1.54, 1.807) is 7.11 Å². The molecule has 3 aromatic rings. The van der Waals surface area contributed by atoms with E-state index >= 15 is 4.79 Å². The number of nitrogens with one attached hydrogen (secondary N) is 2. The monoisotopic (exact) mass is 922 g/mol. The molecule has 2 bridgehead atoms. The lowest BCUT2D eigenvalue weighted by Gasteiger charge is -2.63. The molecule has 5 aliphatic heterocycles. The van der Waals surface area contributed by atoms with Gasteiger partial charge in [0.25, 0.3) is 5.91 Å². The number of amides is 1. The summed E-state index contributed by atoms with van der Waals surface area (Å²) in [5.41, 5.74) is -1.21. The molecule has 2 aromatic carbocycles. The molecule has 2 saturated heterocycles. The lowest BCUT2D eigenvalue weighted by Crippen LogP contribution is -2.81. The lowest BCUT2D eigenvalue weighted by atomic mass is 9.47. The van der Waals surface area contributed by atoms with Gasteiger partial charge in [0.2, 0.25) is 0 Å². The van der Waals surface area contributed by atoms with Crippen molar-refractivity contribution in [3.63, 3.8) is 0 Å². The van der Waals surface area contributed by atoms with Gasteiger partial charge in [0, 0.05) is 97.1 Å². The molecule has 1 spiro atoms. The topological polar surface area (TPSA) is 229 Å². The minimum Gasteiger partial charge on any atom is -0.496 e. The molecule has 3 fully saturated rings. The predicted molar refractivity (Wildman–Crippen MR) is 245 cm³/mol. The van der Waals surface area contributed by atoms with Crippen LogP contribution in [0.3, 0.4) is 0 Å². The number of H-pyrrole nitrogens is 1. The largest absolute Gasteiger partial charge is 0.496 e. The van der Waals surface area contributed by atoms with Crippen LogP contribution in [0, 0.1) is 11.3 Å². The summed E-state index contributed by atoms with van der Waals surface area (Å²) in [4.78, 5) is 42.6. The fourth-order valence-electron chi connectivity index (χ4n) is 13.6. The Labute approximate surface area is 381 Å². The number of hydrogen-bond acceptors (Lipinski definition) is 13. The zero-order valence-electron chi connectivity index (χ0n) is 38.5. The molecule has 1 aliphatic carbocycles. The summed E-state index contributed by atoms with van der Waals surface area (Å²) >= 11 is 0. The number of fused-ring (bicyclic) bond motifs is 6. The normalized spacial score (nSPS) is 34.8. The summed E-state index contributed by atoms with van der Waals surface area (Å²) in [7, 11) is 4.18. The van der Waals surface area contributed by atoms with Gasteiger partial charge in [-0.1, -0.05) is 44.2 Å². The molecular weight excluding hydrogens is 857 g/mol. The van der Waals surface area contributed by atoms with Crippen LogP contribution in [-0.2, 0) is 42.0 Å². The van der Waals surface area contributed by atoms with E-state index in [2.05, 4.69) is 50.5 Å². The standard InChI is InChI=1S/C47H64N6O7.H2O4S/c1-8-43(57)25-29-26-46(42(56)60-7,37-31(15-20-52(27-29)28-43)30-13-10-11-14-34(30)49-37)33-23-32-35(24-36(33)59-6)51(5)39-45(32)17-21-53-19-12-16-44(9-2,38(45)53)40(54)47(39,58)41(55)48-18-22-50(3)4;1-5(2,3)4/h10-14,16,23-24,29,38-40,49,54,57-58H,8-9,15,17-22,25-28H2,1-7H3,(H,48,55);(H2,1,2,3,4)/t29-,38+,39-,40-,43+,44-,45-,46+,47+;/m1./s1. The highest BCUT2D eigenvalue weighted by atomic mass is 32.3. The van der Waals surface area contributed by atoms with Gasteiger partial charge in [0.1, 0.15) is 17.3 Å². The third kappa shape index (κ3) is 7.29. The number of benzene rings is 2. The molecule has 7 N–H and O–H groups in total. The van der Waals surface area contributed by atoms with E-state index < -0.39 is 61.9 Å². The number of carbonyl (C=O) groups is 2. The van der Waals surface area contributed by atoms with Crippen LogP contribution >= 0.6 is 0 Å². The number of esters is 1. The number of aromatic amines is 1. The maximum Gasteiger partial charge on any atom is 0.394 e. The third-order valence-corrected chi connectivity index (χ3v) is 16.0. The van der Waals surface area contributed by atoms with Crippen molar-refractivity contribution in [2.45, 2.75) is 92.6 Å². The van der Waals surface area contributed by atoms with Crippen LogP contribution < -0.4 is 15.0 Å². The summed E-state index contributed by atoms with van der Waals surface area (Å²) in [6.07, 6.45) is 6.00.